The number of ether oxygens (including phenoxy) is 1. The summed E-state index contributed by atoms with van der Waals surface area (Å²) in [5.41, 5.74) is 1.33. The molecule has 0 saturated heterocycles. The van der Waals surface area contributed by atoms with Gasteiger partial charge in [0.15, 0.2) is 0 Å². The van der Waals surface area contributed by atoms with E-state index < -0.39 is 12.1 Å². The van der Waals surface area contributed by atoms with E-state index in [0.29, 0.717) is 23.7 Å². The summed E-state index contributed by atoms with van der Waals surface area (Å²) in [7, 11) is 1.69. The monoisotopic (exact) mass is 586 g/mol. The lowest BCUT2D eigenvalue weighted by atomic mass is 9.99. The van der Waals surface area contributed by atoms with E-state index in [2.05, 4.69) is 26.2 Å². The highest BCUT2D eigenvalue weighted by molar-refractivity contribution is 6.02. The Kier molecular flexibility index (Phi) is 8.81. The van der Waals surface area contributed by atoms with Crippen molar-refractivity contribution in [2.75, 3.05) is 37.4 Å². The zero-order valence-electron chi connectivity index (χ0n) is 24.2. The molecular weight excluding hydrogens is 552 g/mol. The van der Waals surface area contributed by atoms with Crippen LogP contribution in [0.2, 0.25) is 0 Å². The van der Waals surface area contributed by atoms with Gasteiger partial charge in [-0.2, -0.15) is 0 Å². The highest BCUT2D eigenvalue weighted by Crippen LogP contribution is 2.31. The van der Waals surface area contributed by atoms with Gasteiger partial charge in [-0.3, -0.25) is 9.59 Å². The summed E-state index contributed by atoms with van der Waals surface area (Å²) in [6.07, 6.45) is 0.843. The first-order valence-corrected chi connectivity index (χ1v) is 14.0. The van der Waals surface area contributed by atoms with E-state index in [1.54, 1.807) is 42.0 Å². The van der Waals surface area contributed by atoms with Gasteiger partial charge in [0.05, 0.1) is 30.4 Å². The van der Waals surface area contributed by atoms with Crippen LogP contribution in [0.15, 0.2) is 67.0 Å². The second-order valence-electron chi connectivity index (χ2n) is 10.7. The van der Waals surface area contributed by atoms with Crippen molar-refractivity contribution in [1.82, 2.24) is 30.0 Å². The van der Waals surface area contributed by atoms with E-state index in [-0.39, 0.29) is 49.0 Å². The Bertz CT molecular complexity index is 1610. The molecule has 5 rings (SSSR count). The number of hydrogen-bond acceptors (Lipinski definition) is 8. The molecule has 3 aromatic carbocycles. The molecule has 13 nitrogen and oxygen atoms in total. The normalized spacial score (nSPS) is 17.3. The third-order valence-corrected chi connectivity index (χ3v) is 7.48. The Hall–Kier alpha value is -5.04. The lowest BCUT2D eigenvalue weighted by Gasteiger charge is -2.38. The second-order valence-corrected chi connectivity index (χ2v) is 10.7. The first-order chi connectivity index (χ1) is 20.7. The van der Waals surface area contributed by atoms with Gasteiger partial charge >= 0.3 is 6.03 Å². The molecule has 0 fully saturated rings. The molecule has 0 saturated carbocycles. The third kappa shape index (κ3) is 6.72. The van der Waals surface area contributed by atoms with Gasteiger partial charge in [0.1, 0.15) is 24.7 Å². The Labute approximate surface area is 248 Å². The van der Waals surface area contributed by atoms with Crippen LogP contribution in [-0.2, 0) is 11.3 Å². The van der Waals surface area contributed by atoms with Crippen molar-refractivity contribution in [3.05, 3.63) is 72.6 Å². The molecule has 0 spiro atoms. The number of anilines is 2. The molecule has 1 aromatic heterocycles. The maximum absolute atomic E-state index is 13.7. The number of nitrogens with zero attached hydrogens (tertiary/aromatic N) is 6. The van der Waals surface area contributed by atoms with Gasteiger partial charge in [-0.15, -0.1) is 5.10 Å². The maximum atomic E-state index is 13.7. The van der Waals surface area contributed by atoms with Crippen LogP contribution >= 0.6 is 0 Å². The number of tetrazole rings is 1. The fourth-order valence-corrected chi connectivity index (χ4v) is 5.02. The number of fused-ring (bicyclic) bond motifs is 2. The fraction of sp³-hybridized carbons (Fsp3) is 0.333. The molecule has 0 unspecified atom stereocenters. The van der Waals surface area contributed by atoms with E-state index >= 15 is 0 Å². The van der Waals surface area contributed by atoms with Gasteiger partial charge in [0.25, 0.3) is 5.91 Å². The number of carbonyl (C=O) groups excluding carboxylic acids is 3. The van der Waals surface area contributed by atoms with Gasteiger partial charge in [-0.1, -0.05) is 43.3 Å². The minimum atomic E-state index is -0.483. The molecular formula is C30H34N8O5. The van der Waals surface area contributed by atoms with Crippen LogP contribution in [0.1, 0.15) is 24.2 Å². The molecule has 0 aliphatic carbocycles. The number of carbonyl (C=O) groups is 3. The first-order valence-electron chi connectivity index (χ1n) is 14.0. The second kappa shape index (κ2) is 12.9. The molecule has 224 valence electrons. The van der Waals surface area contributed by atoms with Gasteiger partial charge < -0.3 is 30.3 Å². The number of aliphatic hydroxyl groups excluding tert-OH is 1. The number of hydrogen-bond donors (Lipinski definition) is 3. The highest BCUT2D eigenvalue weighted by atomic mass is 16.5. The fourth-order valence-electron chi connectivity index (χ4n) is 5.02. The molecule has 1 aliphatic heterocycles. The molecule has 1 aliphatic rings. The van der Waals surface area contributed by atoms with Gasteiger partial charge in [0, 0.05) is 30.6 Å². The largest absolute Gasteiger partial charge is 0.487 e. The zero-order chi connectivity index (χ0) is 30.5. The summed E-state index contributed by atoms with van der Waals surface area (Å²) < 4.78 is 7.67. The predicted molar refractivity (Wildman–Crippen MR) is 160 cm³/mol. The molecule has 4 aromatic rings. The Morgan fingerprint density at radius 3 is 2.70 bits per heavy atom. The molecule has 3 atom stereocenters. The van der Waals surface area contributed by atoms with Gasteiger partial charge in [0.2, 0.25) is 5.91 Å². The predicted octanol–water partition coefficient (Wildman–Crippen LogP) is 2.85. The quantitative estimate of drug-likeness (QED) is 0.285. The van der Waals surface area contributed by atoms with Crippen molar-refractivity contribution in [2.45, 2.75) is 32.5 Å². The van der Waals surface area contributed by atoms with Crippen molar-refractivity contribution >= 4 is 40.0 Å². The van der Waals surface area contributed by atoms with Crippen LogP contribution in [0.5, 0.6) is 5.75 Å². The topological polar surface area (TPSA) is 155 Å². The van der Waals surface area contributed by atoms with E-state index in [1.165, 1.54) is 11.0 Å². The summed E-state index contributed by atoms with van der Waals surface area (Å²) in [5, 5.41) is 28.4. The molecule has 13 heteroatoms. The summed E-state index contributed by atoms with van der Waals surface area (Å²) >= 11 is 0. The minimum Gasteiger partial charge on any atom is -0.487 e. The lowest BCUT2D eigenvalue weighted by Crippen LogP contribution is -2.50. The smallest absolute Gasteiger partial charge is 0.321 e. The van der Waals surface area contributed by atoms with Crippen LogP contribution in [0.3, 0.4) is 0 Å². The Morgan fingerprint density at radius 2 is 1.93 bits per heavy atom. The van der Waals surface area contributed by atoms with Gasteiger partial charge in [-0.05, 0) is 47.0 Å². The maximum Gasteiger partial charge on any atom is 0.321 e. The molecule has 3 N–H and O–H groups in total. The molecule has 4 amide bonds. The number of rotatable bonds is 8. The van der Waals surface area contributed by atoms with E-state index in [9.17, 15) is 19.5 Å². The number of amides is 4. The standard InChI is InChI=1S/C30H34N8O5/c1-19-14-38(20(2)17-39)29(41)24-13-22(32-28(40)16-37-18-31-34-35-37)11-12-26(24)43-27(19)15-36(3)30(42)33-25-10-6-8-21-7-4-5-9-23(21)25/h4-13,18-20,27,39H,14-17H2,1-3H3,(H,32,40)(H,33,42)/t19-,20-,27+/m1/s1. The number of likely N-dealkylation sites (N-methyl/N-ethyl adjacent to an activating group) is 1. The van der Waals surface area contributed by atoms with Crippen LogP contribution in [0, 0.1) is 5.92 Å². The van der Waals surface area contributed by atoms with Crippen LogP contribution in [0.4, 0.5) is 16.2 Å². The van der Waals surface area contributed by atoms with Crippen LogP contribution in [0.25, 0.3) is 10.8 Å². The summed E-state index contributed by atoms with van der Waals surface area (Å²) in [5.74, 6) is -0.578. The van der Waals surface area contributed by atoms with E-state index in [1.807, 2.05) is 49.4 Å². The van der Waals surface area contributed by atoms with Crippen LogP contribution in [-0.4, -0.2) is 91.8 Å². The lowest BCUT2D eigenvalue weighted by molar-refractivity contribution is -0.116. The number of urea groups is 1. The molecule has 0 bridgehead atoms. The molecule has 0 radical (unpaired) electrons. The highest BCUT2D eigenvalue weighted by Gasteiger charge is 2.34. The first kappa shape index (κ1) is 29.5. The summed E-state index contributed by atoms with van der Waals surface area (Å²) in [4.78, 5) is 42.6. The SMILES string of the molecule is C[C@@H]1CN([C@H](C)CO)C(=O)c2cc(NC(=O)Cn3cnnn3)ccc2O[C@H]1CN(C)C(=O)Nc1cccc2ccccc12. The summed E-state index contributed by atoms with van der Waals surface area (Å²) in [6, 6.07) is 17.6. The Balaban J connectivity index is 1.36. The average Bonchev–Trinajstić information content (AvgIpc) is 3.51. The van der Waals surface area contributed by atoms with Crippen molar-refractivity contribution in [3.63, 3.8) is 0 Å². The third-order valence-electron chi connectivity index (χ3n) is 7.48. The number of aromatic nitrogens is 4. The van der Waals surface area contributed by atoms with E-state index in [0.717, 1.165) is 10.8 Å². The summed E-state index contributed by atoms with van der Waals surface area (Å²) in [6.45, 7) is 3.91. The average molecular weight is 587 g/mol. The van der Waals surface area contributed by atoms with Crippen molar-refractivity contribution in [2.24, 2.45) is 5.92 Å². The van der Waals surface area contributed by atoms with Crippen molar-refractivity contribution in [3.8, 4) is 5.75 Å². The van der Waals surface area contributed by atoms with E-state index in [4.69, 9.17) is 4.74 Å². The minimum absolute atomic E-state index is 0.102. The molecule has 43 heavy (non-hydrogen) atoms. The van der Waals surface area contributed by atoms with Crippen LogP contribution < -0.4 is 15.4 Å². The van der Waals surface area contributed by atoms with Crippen molar-refractivity contribution in [1.29, 1.82) is 0 Å². The Morgan fingerprint density at radius 1 is 1.14 bits per heavy atom. The number of benzene rings is 3. The zero-order valence-corrected chi connectivity index (χ0v) is 24.2. The van der Waals surface area contributed by atoms with Crippen molar-refractivity contribution < 1.29 is 24.2 Å². The molecule has 2 heterocycles. The number of nitrogens with one attached hydrogen (secondary N) is 2. The van der Waals surface area contributed by atoms with Gasteiger partial charge in [-0.25, -0.2) is 9.48 Å². The number of aliphatic hydroxyl groups is 1.